The summed E-state index contributed by atoms with van der Waals surface area (Å²) in [4.78, 5) is 15.5. The number of nitriles is 1. The smallest absolute Gasteiger partial charge is 0.252 e. The molecule has 0 unspecified atom stereocenters. The van der Waals surface area contributed by atoms with Gasteiger partial charge in [0.25, 0.3) is 5.91 Å². The SMILES string of the molecule is N#CCCCCNC(=O)c1cc(Cl)ncc1Cl. The highest BCUT2D eigenvalue weighted by Crippen LogP contribution is 2.17. The highest BCUT2D eigenvalue weighted by Gasteiger charge is 2.10. The lowest BCUT2D eigenvalue weighted by molar-refractivity contribution is 0.0953. The summed E-state index contributed by atoms with van der Waals surface area (Å²) in [7, 11) is 0. The van der Waals surface area contributed by atoms with Crippen molar-refractivity contribution in [3.8, 4) is 6.07 Å². The molecule has 1 N–H and O–H groups in total. The fourth-order valence-corrected chi connectivity index (χ4v) is 1.56. The van der Waals surface area contributed by atoms with Crippen LogP contribution in [0.5, 0.6) is 0 Å². The van der Waals surface area contributed by atoms with Gasteiger partial charge in [-0.15, -0.1) is 0 Å². The second kappa shape index (κ2) is 7.10. The van der Waals surface area contributed by atoms with Gasteiger partial charge in [0.05, 0.1) is 16.7 Å². The Morgan fingerprint density at radius 2 is 2.24 bits per heavy atom. The second-order valence-electron chi connectivity index (χ2n) is 3.36. The van der Waals surface area contributed by atoms with Crippen LogP contribution in [0, 0.1) is 11.3 Å². The van der Waals surface area contributed by atoms with Gasteiger partial charge in [-0.2, -0.15) is 5.26 Å². The van der Waals surface area contributed by atoms with Crippen LogP contribution >= 0.6 is 23.2 Å². The molecule has 0 radical (unpaired) electrons. The predicted octanol–water partition coefficient (Wildman–Crippen LogP) is 2.81. The number of pyridine rings is 1. The molecule has 1 aromatic heterocycles. The van der Waals surface area contributed by atoms with Crippen molar-refractivity contribution in [2.45, 2.75) is 19.3 Å². The van der Waals surface area contributed by atoms with Gasteiger partial charge < -0.3 is 5.32 Å². The molecule has 0 aliphatic carbocycles. The number of halogens is 2. The normalized spacial score (nSPS) is 9.71. The molecule has 1 amide bonds. The van der Waals surface area contributed by atoms with Crippen molar-refractivity contribution in [2.75, 3.05) is 6.54 Å². The first-order valence-electron chi connectivity index (χ1n) is 5.11. The number of amides is 1. The quantitative estimate of drug-likeness (QED) is 0.662. The van der Waals surface area contributed by atoms with E-state index in [1.807, 2.05) is 6.07 Å². The van der Waals surface area contributed by atoms with Crippen LogP contribution in [0.1, 0.15) is 29.6 Å². The van der Waals surface area contributed by atoms with Crippen molar-refractivity contribution in [3.63, 3.8) is 0 Å². The maximum absolute atomic E-state index is 11.7. The number of nitrogens with zero attached hydrogens (tertiary/aromatic N) is 2. The van der Waals surface area contributed by atoms with E-state index in [1.54, 1.807) is 0 Å². The van der Waals surface area contributed by atoms with Crippen molar-refractivity contribution in [3.05, 3.63) is 28.0 Å². The highest BCUT2D eigenvalue weighted by molar-refractivity contribution is 6.35. The van der Waals surface area contributed by atoms with E-state index in [-0.39, 0.29) is 16.1 Å². The molecule has 1 heterocycles. The van der Waals surface area contributed by atoms with Gasteiger partial charge in [0, 0.05) is 19.2 Å². The lowest BCUT2D eigenvalue weighted by atomic mass is 10.2. The van der Waals surface area contributed by atoms with Gasteiger partial charge in [-0.3, -0.25) is 4.79 Å². The molecular weight excluding hydrogens is 261 g/mol. The van der Waals surface area contributed by atoms with Crippen LogP contribution < -0.4 is 5.32 Å². The molecule has 0 saturated heterocycles. The lowest BCUT2D eigenvalue weighted by Gasteiger charge is -2.06. The Balaban J connectivity index is 2.47. The summed E-state index contributed by atoms with van der Waals surface area (Å²) >= 11 is 11.5. The lowest BCUT2D eigenvalue weighted by Crippen LogP contribution is -2.24. The molecule has 0 aliphatic heterocycles. The maximum Gasteiger partial charge on any atom is 0.252 e. The third-order valence-corrected chi connectivity index (χ3v) is 2.58. The van der Waals surface area contributed by atoms with Crippen LogP contribution in [0.4, 0.5) is 0 Å². The topological polar surface area (TPSA) is 65.8 Å². The molecule has 17 heavy (non-hydrogen) atoms. The van der Waals surface area contributed by atoms with Crippen molar-refractivity contribution in [1.82, 2.24) is 10.3 Å². The number of hydrogen-bond acceptors (Lipinski definition) is 3. The average molecular weight is 272 g/mol. The molecule has 0 fully saturated rings. The summed E-state index contributed by atoms with van der Waals surface area (Å²) in [6.07, 6.45) is 3.36. The molecule has 1 rings (SSSR count). The van der Waals surface area contributed by atoms with Crippen LogP contribution in [0.3, 0.4) is 0 Å². The van der Waals surface area contributed by atoms with E-state index in [0.717, 1.165) is 12.8 Å². The third kappa shape index (κ3) is 4.59. The molecule has 90 valence electrons. The minimum atomic E-state index is -0.281. The Hall–Kier alpha value is -1.31. The third-order valence-electron chi connectivity index (χ3n) is 2.07. The van der Waals surface area contributed by atoms with Crippen LogP contribution in [-0.2, 0) is 0 Å². The zero-order valence-electron chi connectivity index (χ0n) is 9.04. The minimum absolute atomic E-state index is 0.226. The molecule has 4 nitrogen and oxygen atoms in total. The molecule has 0 aliphatic rings. The number of nitrogens with one attached hydrogen (secondary N) is 1. The molecule has 0 aromatic carbocycles. The first-order chi connectivity index (χ1) is 8.15. The number of hydrogen-bond donors (Lipinski definition) is 1. The van der Waals surface area contributed by atoms with E-state index in [2.05, 4.69) is 10.3 Å². The zero-order valence-corrected chi connectivity index (χ0v) is 10.6. The molecule has 0 atom stereocenters. The number of aromatic nitrogens is 1. The number of unbranched alkanes of at least 4 members (excludes halogenated alkanes) is 2. The first-order valence-corrected chi connectivity index (χ1v) is 5.87. The van der Waals surface area contributed by atoms with Gasteiger partial charge in [-0.1, -0.05) is 23.2 Å². The van der Waals surface area contributed by atoms with Gasteiger partial charge in [-0.05, 0) is 18.9 Å². The number of rotatable bonds is 5. The van der Waals surface area contributed by atoms with Crippen molar-refractivity contribution in [1.29, 1.82) is 5.26 Å². The van der Waals surface area contributed by atoms with Gasteiger partial charge in [0.15, 0.2) is 0 Å². The summed E-state index contributed by atoms with van der Waals surface area (Å²) in [6, 6.07) is 3.47. The molecule has 0 spiro atoms. The van der Waals surface area contributed by atoms with Gasteiger partial charge in [0.1, 0.15) is 5.15 Å². The van der Waals surface area contributed by atoms with E-state index in [1.165, 1.54) is 12.3 Å². The van der Waals surface area contributed by atoms with Gasteiger partial charge in [0.2, 0.25) is 0 Å². The molecule has 0 bridgehead atoms. The van der Waals surface area contributed by atoms with E-state index in [9.17, 15) is 4.79 Å². The Bertz CT molecular complexity index is 443. The van der Waals surface area contributed by atoms with Gasteiger partial charge >= 0.3 is 0 Å². The summed E-state index contributed by atoms with van der Waals surface area (Å²) in [5, 5.41) is 11.5. The summed E-state index contributed by atoms with van der Waals surface area (Å²) < 4.78 is 0. The Morgan fingerprint density at radius 3 is 2.94 bits per heavy atom. The number of carbonyl (C=O) groups excluding carboxylic acids is 1. The monoisotopic (exact) mass is 271 g/mol. The predicted molar refractivity (Wildman–Crippen MR) is 66.1 cm³/mol. The maximum atomic E-state index is 11.7. The number of carbonyl (C=O) groups is 1. The Labute approximate surface area is 110 Å². The second-order valence-corrected chi connectivity index (χ2v) is 4.15. The summed E-state index contributed by atoms with van der Waals surface area (Å²) in [6.45, 7) is 0.511. The van der Waals surface area contributed by atoms with E-state index in [0.29, 0.717) is 18.5 Å². The van der Waals surface area contributed by atoms with Crippen molar-refractivity contribution < 1.29 is 4.79 Å². The minimum Gasteiger partial charge on any atom is -0.352 e. The summed E-state index contributed by atoms with van der Waals surface area (Å²) in [5.41, 5.74) is 0.312. The molecule has 6 heteroatoms. The average Bonchev–Trinajstić information content (AvgIpc) is 2.32. The van der Waals surface area contributed by atoms with Crippen LogP contribution in [-0.4, -0.2) is 17.4 Å². The zero-order chi connectivity index (χ0) is 12.7. The van der Waals surface area contributed by atoms with Crippen LogP contribution in [0.25, 0.3) is 0 Å². The fraction of sp³-hybridized carbons (Fsp3) is 0.364. The largest absolute Gasteiger partial charge is 0.352 e. The molecule has 1 aromatic rings. The van der Waals surface area contributed by atoms with Crippen LogP contribution in [0.2, 0.25) is 10.2 Å². The van der Waals surface area contributed by atoms with E-state index < -0.39 is 0 Å². The van der Waals surface area contributed by atoms with Crippen molar-refractivity contribution >= 4 is 29.1 Å². The first kappa shape index (κ1) is 13.8. The van der Waals surface area contributed by atoms with Crippen molar-refractivity contribution in [2.24, 2.45) is 0 Å². The van der Waals surface area contributed by atoms with E-state index in [4.69, 9.17) is 28.5 Å². The van der Waals surface area contributed by atoms with E-state index >= 15 is 0 Å². The standard InChI is InChI=1S/C11H11Cl2N3O/c12-9-7-16-10(13)6-8(9)11(17)15-5-3-1-2-4-14/h6-7H,1-3,5H2,(H,15,17). The fourth-order valence-electron chi connectivity index (χ4n) is 1.21. The highest BCUT2D eigenvalue weighted by atomic mass is 35.5. The summed E-state index contributed by atoms with van der Waals surface area (Å²) in [5.74, 6) is -0.281. The Kier molecular flexibility index (Phi) is 5.75. The molecule has 0 saturated carbocycles. The molecular formula is C11H11Cl2N3O. The Morgan fingerprint density at radius 1 is 1.47 bits per heavy atom. The van der Waals surface area contributed by atoms with Gasteiger partial charge in [-0.25, -0.2) is 4.98 Å². The van der Waals surface area contributed by atoms with Crippen LogP contribution in [0.15, 0.2) is 12.3 Å².